The van der Waals surface area contributed by atoms with E-state index in [1.807, 2.05) is 0 Å². The number of aliphatic hydroxyl groups excluding tert-OH is 2. The molecule has 0 fully saturated rings. The standard InChI is InChI=1S/C16H32N4O4/c1-15(2,13(23)17-9-5-7-11-21)19-20-16(3,4)14(24)18-10-6-8-12-22/h21-22H,5-12H2,1-4H3,(H,17,23)(H,18,24). The van der Waals surface area contributed by atoms with Gasteiger partial charge < -0.3 is 20.8 Å². The average molecular weight is 344 g/mol. The molecule has 2 amide bonds. The van der Waals surface area contributed by atoms with Crippen molar-refractivity contribution >= 4 is 11.8 Å². The maximum atomic E-state index is 12.1. The molecule has 4 N–H and O–H groups in total. The summed E-state index contributed by atoms with van der Waals surface area (Å²) < 4.78 is 0. The van der Waals surface area contributed by atoms with E-state index in [2.05, 4.69) is 20.9 Å². The van der Waals surface area contributed by atoms with Crippen LogP contribution in [0.5, 0.6) is 0 Å². The number of carbonyl (C=O) groups excluding carboxylic acids is 2. The zero-order chi connectivity index (χ0) is 18.6. The maximum Gasteiger partial charge on any atom is 0.249 e. The average Bonchev–Trinajstić information content (AvgIpc) is 2.53. The number of carbonyl (C=O) groups is 2. The van der Waals surface area contributed by atoms with Crippen LogP contribution >= 0.6 is 0 Å². The number of unbranched alkanes of at least 4 members (excludes halogenated alkanes) is 2. The summed E-state index contributed by atoms with van der Waals surface area (Å²) in [6.45, 7) is 7.65. The van der Waals surface area contributed by atoms with Crippen LogP contribution in [0.3, 0.4) is 0 Å². The lowest BCUT2D eigenvalue weighted by atomic mass is 10.0. The number of rotatable bonds is 12. The lowest BCUT2D eigenvalue weighted by Crippen LogP contribution is -2.43. The Balaban J connectivity index is 4.52. The molecule has 0 aromatic heterocycles. The van der Waals surface area contributed by atoms with Crippen molar-refractivity contribution < 1.29 is 19.8 Å². The monoisotopic (exact) mass is 344 g/mol. The van der Waals surface area contributed by atoms with Gasteiger partial charge in [-0.3, -0.25) is 9.59 Å². The van der Waals surface area contributed by atoms with Crippen molar-refractivity contribution in [3.63, 3.8) is 0 Å². The second kappa shape index (κ2) is 11.1. The molecule has 0 bridgehead atoms. The first-order valence-electron chi connectivity index (χ1n) is 8.40. The number of amides is 2. The van der Waals surface area contributed by atoms with Gasteiger partial charge in [-0.2, -0.15) is 10.2 Å². The van der Waals surface area contributed by atoms with E-state index in [1.54, 1.807) is 27.7 Å². The Kier molecular flexibility index (Phi) is 10.4. The minimum atomic E-state index is -1.08. The van der Waals surface area contributed by atoms with Crippen molar-refractivity contribution in [2.75, 3.05) is 26.3 Å². The number of aliphatic hydroxyl groups is 2. The molecule has 0 aliphatic rings. The molecule has 0 saturated carbocycles. The van der Waals surface area contributed by atoms with Crippen LogP contribution in [0, 0.1) is 0 Å². The first kappa shape index (κ1) is 22.5. The van der Waals surface area contributed by atoms with Crippen LogP contribution in [0.25, 0.3) is 0 Å². The van der Waals surface area contributed by atoms with Gasteiger partial charge in [-0.1, -0.05) is 0 Å². The zero-order valence-corrected chi connectivity index (χ0v) is 15.3. The Morgan fingerprint density at radius 3 is 1.38 bits per heavy atom. The van der Waals surface area contributed by atoms with Gasteiger partial charge in [0.1, 0.15) is 0 Å². The van der Waals surface area contributed by atoms with Gasteiger partial charge in [0.05, 0.1) is 0 Å². The smallest absolute Gasteiger partial charge is 0.249 e. The van der Waals surface area contributed by atoms with Gasteiger partial charge in [-0.25, -0.2) is 0 Å². The fourth-order valence-corrected chi connectivity index (χ4v) is 1.65. The summed E-state index contributed by atoms with van der Waals surface area (Å²) in [5.41, 5.74) is -2.15. The Hall–Kier alpha value is -1.54. The number of nitrogens with zero attached hydrogens (tertiary/aromatic N) is 2. The summed E-state index contributed by atoms with van der Waals surface area (Å²) >= 11 is 0. The fraction of sp³-hybridized carbons (Fsp3) is 0.875. The summed E-state index contributed by atoms with van der Waals surface area (Å²) in [7, 11) is 0. The van der Waals surface area contributed by atoms with E-state index in [-0.39, 0.29) is 25.0 Å². The van der Waals surface area contributed by atoms with E-state index in [0.29, 0.717) is 38.8 Å². The third-order valence-corrected chi connectivity index (χ3v) is 3.40. The summed E-state index contributed by atoms with van der Waals surface area (Å²) in [5, 5.41) is 31.0. The summed E-state index contributed by atoms with van der Waals surface area (Å²) in [6, 6.07) is 0. The van der Waals surface area contributed by atoms with Crippen LogP contribution in [0.15, 0.2) is 10.2 Å². The van der Waals surface area contributed by atoms with E-state index < -0.39 is 11.1 Å². The van der Waals surface area contributed by atoms with Crippen molar-refractivity contribution in [3.8, 4) is 0 Å². The molecule has 0 radical (unpaired) electrons. The molecule has 0 heterocycles. The molecule has 0 atom stereocenters. The Morgan fingerprint density at radius 2 is 1.08 bits per heavy atom. The molecule has 0 aliphatic heterocycles. The van der Waals surface area contributed by atoms with Crippen molar-refractivity contribution in [3.05, 3.63) is 0 Å². The Bertz CT molecular complexity index is 384. The van der Waals surface area contributed by atoms with Crippen molar-refractivity contribution in [1.82, 2.24) is 10.6 Å². The molecule has 8 nitrogen and oxygen atoms in total. The normalized spacial score (nSPS) is 12.4. The number of hydrogen-bond donors (Lipinski definition) is 4. The molecule has 0 spiro atoms. The van der Waals surface area contributed by atoms with Gasteiger partial charge in [0, 0.05) is 26.3 Å². The second-order valence-electron chi connectivity index (χ2n) is 6.69. The first-order chi connectivity index (χ1) is 11.2. The molecule has 0 aromatic carbocycles. The minimum Gasteiger partial charge on any atom is -0.396 e. The third-order valence-electron chi connectivity index (χ3n) is 3.40. The molecule has 8 heteroatoms. The van der Waals surface area contributed by atoms with Gasteiger partial charge >= 0.3 is 0 Å². The second-order valence-corrected chi connectivity index (χ2v) is 6.69. The summed E-state index contributed by atoms with van der Waals surface area (Å²) in [5.74, 6) is -0.549. The predicted octanol–water partition coefficient (Wildman–Crippen LogP) is 0.773. The SMILES string of the molecule is CC(C)(N=NC(C)(C)C(=O)NCCCCO)C(=O)NCCCCO. The molecule has 0 saturated heterocycles. The number of nitrogens with one attached hydrogen (secondary N) is 2. The molecule has 24 heavy (non-hydrogen) atoms. The highest BCUT2D eigenvalue weighted by Gasteiger charge is 2.31. The van der Waals surface area contributed by atoms with Crippen molar-refractivity contribution in [2.45, 2.75) is 64.5 Å². The number of hydrogen-bond acceptors (Lipinski definition) is 6. The first-order valence-corrected chi connectivity index (χ1v) is 8.40. The lowest BCUT2D eigenvalue weighted by molar-refractivity contribution is -0.127. The van der Waals surface area contributed by atoms with Gasteiger partial charge in [0.2, 0.25) is 11.8 Å². The highest BCUT2D eigenvalue weighted by atomic mass is 16.3. The topological polar surface area (TPSA) is 123 Å². The highest BCUT2D eigenvalue weighted by Crippen LogP contribution is 2.16. The van der Waals surface area contributed by atoms with Crippen molar-refractivity contribution in [2.24, 2.45) is 10.2 Å². The predicted molar refractivity (Wildman–Crippen MR) is 91.7 cm³/mol. The Labute approximate surface area is 144 Å². The van der Waals surface area contributed by atoms with Gasteiger partial charge in [0.15, 0.2) is 11.1 Å². The molecular formula is C16H32N4O4. The number of azo groups is 1. The highest BCUT2D eigenvalue weighted by molar-refractivity contribution is 5.86. The Morgan fingerprint density at radius 1 is 0.750 bits per heavy atom. The van der Waals surface area contributed by atoms with Crippen molar-refractivity contribution in [1.29, 1.82) is 0 Å². The fourth-order valence-electron chi connectivity index (χ4n) is 1.65. The van der Waals surface area contributed by atoms with E-state index in [0.717, 1.165) is 0 Å². The minimum absolute atomic E-state index is 0.0978. The molecule has 0 unspecified atom stereocenters. The molecular weight excluding hydrogens is 312 g/mol. The van der Waals surface area contributed by atoms with E-state index in [1.165, 1.54) is 0 Å². The zero-order valence-electron chi connectivity index (χ0n) is 15.3. The molecule has 0 aromatic rings. The summed E-state index contributed by atoms with van der Waals surface area (Å²) in [6.07, 6.45) is 2.64. The molecule has 0 rings (SSSR count). The molecule has 0 aliphatic carbocycles. The maximum absolute atomic E-state index is 12.1. The van der Waals surface area contributed by atoms with Crippen LogP contribution in [-0.2, 0) is 9.59 Å². The lowest BCUT2D eigenvalue weighted by Gasteiger charge is -2.22. The largest absolute Gasteiger partial charge is 0.396 e. The van der Waals surface area contributed by atoms with Crippen LogP contribution in [0.1, 0.15) is 53.4 Å². The van der Waals surface area contributed by atoms with E-state index >= 15 is 0 Å². The molecule has 140 valence electrons. The van der Waals surface area contributed by atoms with E-state index in [9.17, 15) is 9.59 Å². The van der Waals surface area contributed by atoms with E-state index in [4.69, 9.17) is 10.2 Å². The quantitative estimate of drug-likeness (QED) is 0.308. The van der Waals surface area contributed by atoms with Crippen LogP contribution in [0.2, 0.25) is 0 Å². The van der Waals surface area contributed by atoms with Crippen LogP contribution in [-0.4, -0.2) is 59.4 Å². The van der Waals surface area contributed by atoms with Gasteiger partial charge in [-0.05, 0) is 53.4 Å². The van der Waals surface area contributed by atoms with Gasteiger partial charge in [-0.15, -0.1) is 0 Å². The third kappa shape index (κ3) is 8.93. The van der Waals surface area contributed by atoms with Crippen LogP contribution < -0.4 is 10.6 Å². The van der Waals surface area contributed by atoms with Crippen LogP contribution in [0.4, 0.5) is 0 Å². The van der Waals surface area contributed by atoms with Gasteiger partial charge in [0.25, 0.3) is 0 Å². The summed E-state index contributed by atoms with van der Waals surface area (Å²) in [4.78, 5) is 24.2.